The summed E-state index contributed by atoms with van der Waals surface area (Å²) in [6.07, 6.45) is 3.43. The second-order valence-corrected chi connectivity index (χ2v) is 17.2. The number of piperazine rings is 1. The van der Waals surface area contributed by atoms with Gasteiger partial charge in [-0.2, -0.15) is 0 Å². The van der Waals surface area contributed by atoms with Crippen LogP contribution in [0.1, 0.15) is 41.7 Å². The Bertz CT molecular complexity index is 2620. The van der Waals surface area contributed by atoms with Crippen molar-refractivity contribution in [3.05, 3.63) is 142 Å². The number of ether oxygens (including phenoxy) is 2. The number of rotatable bonds is 13. The van der Waals surface area contributed by atoms with Gasteiger partial charge in [-0.1, -0.05) is 54.1 Å². The lowest BCUT2D eigenvalue weighted by molar-refractivity contribution is -0.384. The Labute approximate surface area is 353 Å². The van der Waals surface area contributed by atoms with Crippen molar-refractivity contribution in [1.82, 2.24) is 14.6 Å². The molecule has 0 unspecified atom stereocenters. The van der Waals surface area contributed by atoms with Crippen LogP contribution in [0.15, 0.2) is 120 Å². The molecular formula is C45H45ClN6O7S. The number of nitro groups is 1. The van der Waals surface area contributed by atoms with Crippen molar-refractivity contribution in [3.63, 3.8) is 0 Å². The molecule has 1 amide bonds. The lowest BCUT2D eigenvalue weighted by Crippen LogP contribution is -2.47. The second-order valence-electron chi connectivity index (χ2n) is 15.1. The molecule has 2 fully saturated rings. The van der Waals surface area contributed by atoms with Crippen LogP contribution in [-0.4, -0.2) is 75.1 Å². The number of aromatic nitrogens is 1. The van der Waals surface area contributed by atoms with Crippen molar-refractivity contribution in [1.29, 1.82) is 0 Å². The van der Waals surface area contributed by atoms with Crippen LogP contribution in [0.4, 0.5) is 17.1 Å². The van der Waals surface area contributed by atoms with Crippen LogP contribution in [-0.2, 0) is 14.8 Å². The van der Waals surface area contributed by atoms with Crippen molar-refractivity contribution in [2.45, 2.75) is 30.7 Å². The fourth-order valence-electron chi connectivity index (χ4n) is 7.98. The van der Waals surface area contributed by atoms with Crippen LogP contribution in [0.3, 0.4) is 0 Å². The van der Waals surface area contributed by atoms with Gasteiger partial charge >= 0.3 is 0 Å². The van der Waals surface area contributed by atoms with Gasteiger partial charge in [0.2, 0.25) is 0 Å². The van der Waals surface area contributed by atoms with Gasteiger partial charge in [0.1, 0.15) is 17.2 Å². The molecule has 2 aliphatic rings. The van der Waals surface area contributed by atoms with Crippen LogP contribution in [0.2, 0.25) is 5.02 Å². The van der Waals surface area contributed by atoms with Crippen molar-refractivity contribution in [2.24, 2.45) is 5.92 Å². The minimum atomic E-state index is -4.55. The highest BCUT2D eigenvalue weighted by Gasteiger charge is 2.28. The number of halogens is 1. The number of benzene rings is 5. The summed E-state index contributed by atoms with van der Waals surface area (Å²) >= 11 is 6.18. The molecule has 2 aliphatic heterocycles. The molecule has 0 aliphatic carbocycles. The molecule has 3 heterocycles. The van der Waals surface area contributed by atoms with Gasteiger partial charge in [0.25, 0.3) is 21.6 Å². The fraction of sp³-hybridized carbons (Fsp3) is 0.267. The molecule has 60 heavy (non-hydrogen) atoms. The zero-order chi connectivity index (χ0) is 41.8. The number of fused-ring (bicyclic) bond motifs is 1. The molecular weight excluding hydrogens is 804 g/mol. The molecule has 15 heteroatoms. The first-order valence-corrected chi connectivity index (χ1v) is 21.8. The number of carbonyl (C=O) groups excluding carboxylic acids is 1. The maximum Gasteiger partial charge on any atom is 0.293 e. The van der Waals surface area contributed by atoms with Gasteiger partial charge in [0.05, 0.1) is 15.4 Å². The molecule has 6 aromatic rings. The molecule has 1 atom stereocenters. The predicted molar refractivity (Wildman–Crippen MR) is 234 cm³/mol. The molecule has 2 saturated heterocycles. The first kappa shape index (κ1) is 40.8. The topological polar surface area (TPSA) is 159 Å². The summed E-state index contributed by atoms with van der Waals surface area (Å²) in [5.74, 6) is -0.0449. The van der Waals surface area contributed by atoms with Crippen molar-refractivity contribution < 1.29 is 27.6 Å². The van der Waals surface area contributed by atoms with Gasteiger partial charge in [0, 0.05) is 91.9 Å². The highest BCUT2D eigenvalue weighted by molar-refractivity contribution is 7.90. The number of H-pyrrole nitrogens is 1. The van der Waals surface area contributed by atoms with E-state index in [9.17, 15) is 23.3 Å². The van der Waals surface area contributed by atoms with Crippen molar-refractivity contribution in [2.75, 3.05) is 56.2 Å². The first-order valence-electron chi connectivity index (χ1n) is 19.9. The van der Waals surface area contributed by atoms with Gasteiger partial charge in [-0.05, 0) is 97.0 Å². The normalized spacial score (nSPS) is 15.7. The van der Waals surface area contributed by atoms with E-state index in [-0.39, 0.29) is 29.0 Å². The SMILES string of the molecule is C[C@@H](c1ccccc1-c1ccc(Cl)cc1)N1CCN(c2ccc(C(=O)NS(=O)(=O)c3ccc(NCC4CCOCC4)c([N+](=O)[O-])c3)c(Oc3cccc4[nH]ccc34)c2)CC1. The maximum atomic E-state index is 13.9. The van der Waals surface area contributed by atoms with E-state index in [1.165, 1.54) is 17.7 Å². The monoisotopic (exact) mass is 848 g/mol. The maximum absolute atomic E-state index is 13.9. The number of anilines is 2. The van der Waals surface area contributed by atoms with Gasteiger partial charge < -0.3 is 24.7 Å². The van der Waals surface area contributed by atoms with Crippen LogP contribution in [0.25, 0.3) is 22.0 Å². The Balaban J connectivity index is 1.02. The van der Waals surface area contributed by atoms with Crippen LogP contribution >= 0.6 is 11.6 Å². The summed E-state index contributed by atoms with van der Waals surface area (Å²) in [5, 5.41) is 16.6. The number of hydrogen-bond acceptors (Lipinski definition) is 10. The van der Waals surface area contributed by atoms with E-state index in [0.29, 0.717) is 43.6 Å². The number of nitro benzene ring substituents is 1. The van der Waals surface area contributed by atoms with Gasteiger partial charge in [-0.3, -0.25) is 19.8 Å². The number of amides is 1. The molecule has 0 radical (unpaired) electrons. The summed E-state index contributed by atoms with van der Waals surface area (Å²) in [6, 6.07) is 32.5. The molecule has 0 bridgehead atoms. The third-order valence-electron chi connectivity index (χ3n) is 11.4. The van der Waals surface area contributed by atoms with Crippen LogP contribution in [0, 0.1) is 16.0 Å². The average Bonchev–Trinajstić information content (AvgIpc) is 3.76. The summed E-state index contributed by atoms with van der Waals surface area (Å²) in [5.41, 5.74) is 4.88. The van der Waals surface area contributed by atoms with Gasteiger partial charge in [-0.25, -0.2) is 13.1 Å². The number of nitrogens with zero attached hydrogens (tertiary/aromatic N) is 3. The fourth-order valence-corrected chi connectivity index (χ4v) is 9.09. The number of hydrogen-bond donors (Lipinski definition) is 3. The van der Waals surface area contributed by atoms with E-state index in [1.54, 1.807) is 30.5 Å². The van der Waals surface area contributed by atoms with E-state index in [0.717, 1.165) is 59.7 Å². The Kier molecular flexibility index (Phi) is 12.1. The molecule has 0 spiro atoms. The molecule has 8 rings (SSSR count). The standard InChI is InChI=1S/C45H45ClN6O7S/c1-30(36-5-2-3-6-37(36)32-9-11-33(46)12-10-32)50-21-23-51(24-22-50)34-13-15-39(44(27-34)59-43-8-4-7-40-38(43)17-20-47-40)45(53)49-60(56,57)35-14-16-41(42(28-35)52(54)55)48-29-31-18-25-58-26-19-31/h2-17,20,27-28,30-31,47-48H,18-19,21-26,29H2,1H3,(H,49,53)/t30-/m0/s1. The lowest BCUT2D eigenvalue weighted by Gasteiger charge is -2.40. The lowest BCUT2D eigenvalue weighted by atomic mass is 9.94. The molecule has 1 aromatic heterocycles. The highest BCUT2D eigenvalue weighted by atomic mass is 35.5. The quantitative estimate of drug-likeness (QED) is 0.0756. The summed E-state index contributed by atoms with van der Waals surface area (Å²) in [6.45, 7) is 6.88. The highest BCUT2D eigenvalue weighted by Crippen LogP contribution is 2.37. The second kappa shape index (κ2) is 17.7. The van der Waals surface area contributed by atoms with Gasteiger partial charge in [-0.15, -0.1) is 0 Å². The van der Waals surface area contributed by atoms with E-state index < -0.39 is 31.4 Å². The minimum absolute atomic E-state index is 0.0230. The molecule has 5 aromatic carbocycles. The molecule has 0 saturated carbocycles. The van der Waals surface area contributed by atoms with Crippen molar-refractivity contribution >= 4 is 55.5 Å². The summed E-state index contributed by atoms with van der Waals surface area (Å²) < 4.78 is 41.3. The molecule has 310 valence electrons. The molecule has 3 N–H and O–H groups in total. The predicted octanol–water partition coefficient (Wildman–Crippen LogP) is 9.03. The first-order chi connectivity index (χ1) is 29.0. The van der Waals surface area contributed by atoms with Gasteiger partial charge in [0.15, 0.2) is 0 Å². The Hall–Kier alpha value is -5.93. The Morgan fingerprint density at radius 1 is 0.933 bits per heavy atom. The molecule has 13 nitrogen and oxygen atoms in total. The largest absolute Gasteiger partial charge is 0.456 e. The van der Waals surface area contributed by atoms with E-state index >= 15 is 0 Å². The third-order valence-corrected chi connectivity index (χ3v) is 13.0. The van der Waals surface area contributed by atoms with Crippen molar-refractivity contribution in [3.8, 4) is 22.6 Å². The number of aromatic amines is 1. The number of carbonyl (C=O) groups is 1. The third kappa shape index (κ3) is 8.97. The van der Waals surface area contributed by atoms with E-state index in [1.807, 2.05) is 48.5 Å². The Morgan fingerprint density at radius 3 is 2.47 bits per heavy atom. The summed E-state index contributed by atoms with van der Waals surface area (Å²) in [7, 11) is -4.55. The Morgan fingerprint density at radius 2 is 1.70 bits per heavy atom. The minimum Gasteiger partial charge on any atom is -0.456 e. The summed E-state index contributed by atoms with van der Waals surface area (Å²) in [4.78, 5) is 32.8. The van der Waals surface area contributed by atoms with E-state index in [4.69, 9.17) is 21.1 Å². The van der Waals surface area contributed by atoms with E-state index in [2.05, 4.69) is 49.9 Å². The zero-order valence-electron chi connectivity index (χ0n) is 33.0. The zero-order valence-corrected chi connectivity index (χ0v) is 34.5. The number of sulfonamides is 1. The average molecular weight is 849 g/mol. The van der Waals surface area contributed by atoms with Crippen LogP contribution < -0.4 is 19.7 Å². The smallest absolute Gasteiger partial charge is 0.293 e. The van der Waals surface area contributed by atoms with Crippen LogP contribution in [0.5, 0.6) is 11.5 Å². The number of nitrogens with one attached hydrogen (secondary N) is 3.